The molecule has 0 spiro atoms. The van der Waals surface area contributed by atoms with Crippen LogP contribution in [0.3, 0.4) is 0 Å². The Hall–Kier alpha value is -1.55. The van der Waals surface area contributed by atoms with Gasteiger partial charge in [-0.15, -0.1) is 0 Å². The van der Waals surface area contributed by atoms with Gasteiger partial charge in [-0.25, -0.2) is 0 Å². The third-order valence-corrected chi connectivity index (χ3v) is 2.89. The van der Waals surface area contributed by atoms with Gasteiger partial charge in [0, 0.05) is 18.7 Å². The van der Waals surface area contributed by atoms with E-state index in [1.165, 1.54) is 0 Å². The van der Waals surface area contributed by atoms with Crippen LogP contribution in [0.25, 0.3) is 0 Å². The Balaban J connectivity index is 2.67. The van der Waals surface area contributed by atoms with Crippen LogP contribution in [-0.2, 0) is 4.79 Å². The first-order chi connectivity index (χ1) is 8.43. The molecule has 1 unspecified atom stereocenters. The van der Waals surface area contributed by atoms with Crippen molar-refractivity contribution in [3.63, 3.8) is 0 Å². The summed E-state index contributed by atoms with van der Waals surface area (Å²) in [5.41, 5.74) is 0.692. The van der Waals surface area contributed by atoms with Crippen molar-refractivity contribution in [3.05, 3.63) is 29.8 Å². The number of benzene rings is 1. The number of nitrogens with zero attached hydrogens (tertiary/aromatic N) is 1. The predicted molar refractivity (Wildman–Crippen MR) is 70.5 cm³/mol. The van der Waals surface area contributed by atoms with Crippen molar-refractivity contribution in [2.24, 2.45) is 0 Å². The molecule has 0 aliphatic heterocycles. The van der Waals surface area contributed by atoms with Gasteiger partial charge in [-0.05, 0) is 26.8 Å². The van der Waals surface area contributed by atoms with Crippen LogP contribution in [0.2, 0.25) is 0 Å². The van der Waals surface area contributed by atoms with E-state index in [0.717, 1.165) is 0 Å². The lowest BCUT2D eigenvalue weighted by atomic mass is 10.1. The van der Waals surface area contributed by atoms with E-state index in [1.807, 2.05) is 26.0 Å². The molecule has 0 radical (unpaired) electrons. The molecule has 100 valence electrons. The zero-order valence-electron chi connectivity index (χ0n) is 11.4. The number of aliphatic hydroxyl groups excluding tert-OH is 1. The van der Waals surface area contributed by atoms with Gasteiger partial charge >= 0.3 is 0 Å². The van der Waals surface area contributed by atoms with Crippen molar-refractivity contribution in [1.82, 2.24) is 4.90 Å². The SMILES string of the molecule is CC(O)c1ccccc1OCC(=O)N(C)C(C)C. The molecule has 0 aromatic heterocycles. The summed E-state index contributed by atoms with van der Waals surface area (Å²) >= 11 is 0. The fourth-order valence-electron chi connectivity index (χ4n) is 1.49. The van der Waals surface area contributed by atoms with Gasteiger partial charge in [0.15, 0.2) is 6.61 Å². The topological polar surface area (TPSA) is 49.8 Å². The van der Waals surface area contributed by atoms with Gasteiger partial charge in [0.1, 0.15) is 5.75 Å². The minimum atomic E-state index is -0.612. The van der Waals surface area contributed by atoms with Crippen molar-refractivity contribution < 1.29 is 14.6 Å². The zero-order chi connectivity index (χ0) is 13.7. The third-order valence-electron chi connectivity index (χ3n) is 2.89. The number of hydrogen-bond acceptors (Lipinski definition) is 3. The van der Waals surface area contributed by atoms with Crippen molar-refractivity contribution in [2.75, 3.05) is 13.7 Å². The molecule has 0 bridgehead atoms. The molecule has 4 heteroatoms. The number of amides is 1. The summed E-state index contributed by atoms with van der Waals surface area (Å²) in [5, 5.41) is 9.59. The second kappa shape index (κ2) is 6.40. The third kappa shape index (κ3) is 3.74. The maximum absolute atomic E-state index is 11.8. The molecular formula is C14H21NO3. The fourth-order valence-corrected chi connectivity index (χ4v) is 1.49. The molecule has 4 nitrogen and oxygen atoms in total. The van der Waals surface area contributed by atoms with Crippen LogP contribution in [0, 0.1) is 0 Å². The summed E-state index contributed by atoms with van der Waals surface area (Å²) in [6.07, 6.45) is -0.612. The Bertz CT molecular complexity index is 402. The number of carbonyl (C=O) groups is 1. The van der Waals surface area contributed by atoms with Crippen LogP contribution < -0.4 is 4.74 Å². The van der Waals surface area contributed by atoms with Crippen molar-refractivity contribution in [2.45, 2.75) is 32.9 Å². The van der Waals surface area contributed by atoms with Crippen LogP contribution in [0.4, 0.5) is 0 Å². The maximum atomic E-state index is 11.8. The summed E-state index contributed by atoms with van der Waals surface area (Å²) in [7, 11) is 1.75. The molecule has 0 aliphatic rings. The molecule has 0 fully saturated rings. The van der Waals surface area contributed by atoms with Crippen molar-refractivity contribution >= 4 is 5.91 Å². The molecule has 1 atom stereocenters. The Kier molecular flexibility index (Phi) is 5.16. The van der Waals surface area contributed by atoms with E-state index >= 15 is 0 Å². The molecule has 1 aromatic rings. The van der Waals surface area contributed by atoms with E-state index < -0.39 is 6.10 Å². The Morgan fingerprint density at radius 2 is 1.94 bits per heavy atom. The average molecular weight is 251 g/mol. The molecule has 1 rings (SSSR count). The van der Waals surface area contributed by atoms with E-state index in [1.54, 1.807) is 31.0 Å². The molecule has 1 N–H and O–H groups in total. The molecule has 1 aromatic carbocycles. The highest BCUT2D eigenvalue weighted by Crippen LogP contribution is 2.24. The average Bonchev–Trinajstić information content (AvgIpc) is 2.35. The van der Waals surface area contributed by atoms with E-state index in [4.69, 9.17) is 4.74 Å². The van der Waals surface area contributed by atoms with Gasteiger partial charge in [0.2, 0.25) is 0 Å². The fraction of sp³-hybridized carbons (Fsp3) is 0.500. The summed E-state index contributed by atoms with van der Waals surface area (Å²) in [6, 6.07) is 7.34. The summed E-state index contributed by atoms with van der Waals surface area (Å²) in [4.78, 5) is 13.4. The van der Waals surface area contributed by atoms with E-state index in [0.29, 0.717) is 11.3 Å². The number of carbonyl (C=O) groups excluding carboxylic acids is 1. The Morgan fingerprint density at radius 1 is 1.33 bits per heavy atom. The highest BCUT2D eigenvalue weighted by Gasteiger charge is 2.14. The van der Waals surface area contributed by atoms with Crippen LogP contribution in [0.5, 0.6) is 5.75 Å². The van der Waals surface area contributed by atoms with Crippen LogP contribution in [-0.4, -0.2) is 35.6 Å². The predicted octanol–water partition coefficient (Wildman–Crippen LogP) is 1.99. The molecule has 18 heavy (non-hydrogen) atoms. The van der Waals surface area contributed by atoms with E-state index in [2.05, 4.69) is 0 Å². The quantitative estimate of drug-likeness (QED) is 0.870. The summed E-state index contributed by atoms with van der Waals surface area (Å²) < 4.78 is 5.48. The number of ether oxygens (including phenoxy) is 1. The van der Waals surface area contributed by atoms with Crippen LogP contribution >= 0.6 is 0 Å². The lowest BCUT2D eigenvalue weighted by Crippen LogP contribution is -2.36. The van der Waals surface area contributed by atoms with Crippen LogP contribution in [0.1, 0.15) is 32.4 Å². The minimum absolute atomic E-state index is 0.0155. The van der Waals surface area contributed by atoms with Crippen molar-refractivity contribution in [1.29, 1.82) is 0 Å². The second-order valence-electron chi connectivity index (χ2n) is 4.60. The highest BCUT2D eigenvalue weighted by atomic mass is 16.5. The molecule has 0 aliphatic carbocycles. The van der Waals surface area contributed by atoms with Crippen LogP contribution in [0.15, 0.2) is 24.3 Å². The van der Waals surface area contributed by atoms with Gasteiger partial charge < -0.3 is 14.7 Å². The maximum Gasteiger partial charge on any atom is 0.260 e. The Labute approximate surface area is 108 Å². The highest BCUT2D eigenvalue weighted by molar-refractivity contribution is 5.77. The normalized spacial score (nSPS) is 12.3. The van der Waals surface area contributed by atoms with Gasteiger partial charge in [0.05, 0.1) is 6.10 Å². The number of likely N-dealkylation sites (N-methyl/N-ethyl adjacent to an activating group) is 1. The zero-order valence-corrected chi connectivity index (χ0v) is 11.4. The molecule has 0 saturated heterocycles. The number of para-hydroxylation sites is 1. The molecular weight excluding hydrogens is 230 g/mol. The van der Waals surface area contributed by atoms with Gasteiger partial charge in [-0.3, -0.25) is 4.79 Å². The van der Waals surface area contributed by atoms with Crippen molar-refractivity contribution in [3.8, 4) is 5.75 Å². The first-order valence-electron chi connectivity index (χ1n) is 6.09. The lowest BCUT2D eigenvalue weighted by molar-refractivity contribution is -0.133. The monoisotopic (exact) mass is 251 g/mol. The standard InChI is InChI=1S/C14H21NO3/c1-10(2)15(4)14(17)9-18-13-8-6-5-7-12(13)11(3)16/h5-8,10-11,16H,9H2,1-4H3. The molecule has 1 amide bonds. The van der Waals surface area contributed by atoms with E-state index in [9.17, 15) is 9.90 Å². The number of rotatable bonds is 5. The Morgan fingerprint density at radius 3 is 2.50 bits per heavy atom. The second-order valence-corrected chi connectivity index (χ2v) is 4.60. The summed E-state index contributed by atoms with van der Waals surface area (Å²) in [5.74, 6) is 0.475. The minimum Gasteiger partial charge on any atom is -0.483 e. The number of hydrogen-bond donors (Lipinski definition) is 1. The van der Waals surface area contributed by atoms with E-state index in [-0.39, 0.29) is 18.6 Å². The van der Waals surface area contributed by atoms with Gasteiger partial charge in [-0.2, -0.15) is 0 Å². The molecule has 0 heterocycles. The lowest BCUT2D eigenvalue weighted by Gasteiger charge is -2.22. The summed E-state index contributed by atoms with van der Waals surface area (Å²) in [6.45, 7) is 5.55. The van der Waals surface area contributed by atoms with Gasteiger partial charge in [-0.1, -0.05) is 18.2 Å². The molecule has 0 saturated carbocycles. The first kappa shape index (κ1) is 14.5. The van der Waals surface area contributed by atoms with Gasteiger partial charge in [0.25, 0.3) is 5.91 Å². The first-order valence-corrected chi connectivity index (χ1v) is 6.09. The number of aliphatic hydroxyl groups is 1. The largest absolute Gasteiger partial charge is 0.483 e. The smallest absolute Gasteiger partial charge is 0.260 e.